The fourth-order valence-corrected chi connectivity index (χ4v) is 11.5. The molecule has 0 bridgehead atoms. The van der Waals surface area contributed by atoms with Gasteiger partial charge in [0.1, 0.15) is 23.6 Å². The van der Waals surface area contributed by atoms with E-state index in [4.69, 9.17) is 9.97 Å². The minimum atomic E-state index is -0.961. The highest BCUT2D eigenvalue weighted by molar-refractivity contribution is 7.13. The van der Waals surface area contributed by atoms with E-state index in [-0.39, 0.29) is 73.0 Å². The fraction of sp³-hybridized carbons (Fsp3) is 0.439. The molecule has 4 aromatic heterocycles. The van der Waals surface area contributed by atoms with Crippen molar-refractivity contribution in [3.8, 4) is 10.4 Å². The van der Waals surface area contributed by atoms with Gasteiger partial charge < -0.3 is 30.4 Å². The van der Waals surface area contributed by atoms with Crippen molar-refractivity contribution in [1.82, 2.24) is 44.9 Å². The Kier molecular flexibility index (Phi) is 15.7. The van der Waals surface area contributed by atoms with Gasteiger partial charge in [-0.05, 0) is 79.0 Å². The van der Waals surface area contributed by atoms with Crippen molar-refractivity contribution in [3.63, 3.8) is 0 Å². The summed E-state index contributed by atoms with van der Waals surface area (Å²) in [6.45, 7) is 13.4. The molecule has 9 rings (SSSR count). The molecule has 2 saturated heterocycles. The molecule has 3 atom stereocenters. The van der Waals surface area contributed by atoms with Crippen LogP contribution in [0.25, 0.3) is 21.5 Å². The Bertz CT molecular complexity index is 3150. The number of aryl methyl sites for hydroxylation is 2. The van der Waals surface area contributed by atoms with Gasteiger partial charge in [-0.2, -0.15) is 0 Å². The molecular weight excluding hydrogens is 969 g/mol. The molecule has 17 nitrogen and oxygen atoms in total. The maximum atomic E-state index is 14.2. The first-order valence-corrected chi connectivity index (χ1v) is 26.8. The number of fused-ring (bicyclic) bond motifs is 1. The van der Waals surface area contributed by atoms with E-state index in [1.54, 1.807) is 29.0 Å². The van der Waals surface area contributed by atoms with Crippen molar-refractivity contribution in [2.45, 2.75) is 124 Å². The topological polar surface area (TPSA) is 213 Å². The molecule has 3 N–H and O–H groups in total. The number of anilines is 1. The molecule has 0 radical (unpaired) electrons. The number of hydrogen-bond donors (Lipinski definition) is 3. The Labute approximate surface area is 440 Å². The minimum absolute atomic E-state index is 0.00216. The minimum Gasteiger partial charge on any atom is -0.391 e. The zero-order valence-electron chi connectivity index (χ0n) is 43.6. The third-order valence-corrected chi connectivity index (χ3v) is 15.9. The number of Topliss-reactive ketones (excluding diaryl/α,β-unsaturated/α-hetero) is 1. The molecule has 75 heavy (non-hydrogen) atoms. The monoisotopic (exact) mass is 1030 g/mol. The van der Waals surface area contributed by atoms with Crippen LogP contribution in [-0.4, -0.2) is 120 Å². The van der Waals surface area contributed by atoms with E-state index in [0.717, 1.165) is 69.9 Å². The van der Waals surface area contributed by atoms with Gasteiger partial charge in [-0.15, -0.1) is 11.3 Å². The number of hydrogen-bond acceptors (Lipinski definition) is 13. The molecule has 6 heterocycles. The lowest BCUT2D eigenvalue weighted by Crippen LogP contribution is -2.58. The molecule has 2 aliphatic heterocycles. The summed E-state index contributed by atoms with van der Waals surface area (Å²) in [6, 6.07) is 17.3. The molecule has 2 aromatic carbocycles. The van der Waals surface area contributed by atoms with Gasteiger partial charge in [0.05, 0.1) is 58.9 Å². The number of rotatable bonds is 15. The predicted octanol–water partition coefficient (Wildman–Crippen LogP) is 6.08. The zero-order chi connectivity index (χ0) is 53.1. The van der Waals surface area contributed by atoms with Crippen molar-refractivity contribution in [3.05, 3.63) is 134 Å². The number of nitrogens with zero attached hydrogens (tertiary/aromatic N) is 8. The summed E-state index contributed by atoms with van der Waals surface area (Å²) in [7, 11) is 0. The van der Waals surface area contributed by atoms with Crippen LogP contribution in [-0.2, 0) is 45.0 Å². The number of ketones is 1. The van der Waals surface area contributed by atoms with E-state index in [1.165, 1.54) is 11.8 Å². The average Bonchev–Trinajstić information content (AvgIpc) is 4.18. The van der Waals surface area contributed by atoms with Crippen LogP contribution in [0.2, 0.25) is 0 Å². The van der Waals surface area contributed by atoms with Gasteiger partial charge in [0.2, 0.25) is 23.6 Å². The molecule has 1 saturated carbocycles. The second kappa shape index (κ2) is 22.3. The van der Waals surface area contributed by atoms with Crippen LogP contribution in [0.4, 0.5) is 5.69 Å². The number of pyridine rings is 2. The average molecular weight is 1040 g/mol. The van der Waals surface area contributed by atoms with Gasteiger partial charge in [-0.1, -0.05) is 82.1 Å². The number of aliphatic hydroxyl groups is 1. The number of amides is 4. The second-order valence-corrected chi connectivity index (χ2v) is 22.2. The summed E-state index contributed by atoms with van der Waals surface area (Å²) in [6.07, 6.45) is 7.17. The summed E-state index contributed by atoms with van der Waals surface area (Å²) in [4.78, 5) is 106. The first-order valence-electron chi connectivity index (χ1n) is 25.9. The van der Waals surface area contributed by atoms with Crippen LogP contribution in [0.3, 0.4) is 0 Å². The third-order valence-electron chi connectivity index (χ3n) is 14.9. The van der Waals surface area contributed by atoms with Crippen molar-refractivity contribution in [1.29, 1.82) is 0 Å². The maximum absolute atomic E-state index is 14.2. The number of carbonyl (C=O) groups is 5. The van der Waals surface area contributed by atoms with Crippen molar-refractivity contribution >= 4 is 57.5 Å². The number of benzene rings is 2. The number of aromatic nitrogens is 5. The fourth-order valence-electron chi connectivity index (χ4n) is 10.7. The molecule has 0 spiro atoms. The van der Waals surface area contributed by atoms with Crippen LogP contribution >= 0.6 is 11.3 Å². The number of nitrogens with one attached hydrogen (secondary N) is 2. The summed E-state index contributed by atoms with van der Waals surface area (Å²) in [5.74, 6) is -0.855. The molecule has 4 amide bonds. The summed E-state index contributed by atoms with van der Waals surface area (Å²) >= 11 is 1.57. The highest BCUT2D eigenvalue weighted by Gasteiger charge is 2.44. The van der Waals surface area contributed by atoms with Gasteiger partial charge in [-0.25, -0.2) is 15.0 Å². The Morgan fingerprint density at radius 3 is 2.15 bits per heavy atom. The lowest BCUT2D eigenvalue weighted by atomic mass is 9.85. The highest BCUT2D eigenvalue weighted by Crippen LogP contribution is 2.33. The largest absolute Gasteiger partial charge is 0.391 e. The van der Waals surface area contributed by atoms with Gasteiger partial charge in [-0.3, -0.25) is 38.3 Å². The van der Waals surface area contributed by atoms with E-state index >= 15 is 0 Å². The second-order valence-electron chi connectivity index (χ2n) is 21.4. The normalized spacial score (nSPS) is 17.6. The number of β-amino-alcohol motifs (C(OH)–C–C–N with tert-alkyl or cyclic N) is 1. The van der Waals surface area contributed by atoms with Crippen LogP contribution in [0, 0.1) is 19.3 Å². The quantitative estimate of drug-likeness (QED) is 0.1000. The van der Waals surface area contributed by atoms with Crippen LogP contribution in [0.15, 0.2) is 83.4 Å². The standard InChI is InChI=1S/C57H66N10O7S/c1-34-45-31-59-47(62-53(45)67(42-9-7-8-10-42)55(73)50(34)36(3)68)27-41-19-20-43(30-58-41)64-21-23-65(24-22-64)49(71)26-38-13-11-37(12-14-38)25-48(70)63-52(57(4,5)6)56(74)66-32-44(69)28-46(66)54(72)60-29-39-15-17-40(18-16-39)51-35(2)61-33-75-51/h11-20,30-31,33,42,44,46,52,69H,7-10,21-29,32H2,1-6H3,(H,60,72)(H,63,70)/t44-,46+,52-/m1/s1. The van der Waals surface area contributed by atoms with Gasteiger partial charge in [0, 0.05) is 69.0 Å². The van der Waals surface area contributed by atoms with Gasteiger partial charge in [0.25, 0.3) is 5.56 Å². The Balaban J connectivity index is 0.744. The van der Waals surface area contributed by atoms with E-state index in [1.807, 2.05) is 105 Å². The number of thiazole rings is 1. The first-order chi connectivity index (χ1) is 35.9. The molecular formula is C57H66N10O7S. The number of likely N-dealkylation sites (tertiary alicyclic amines) is 1. The lowest BCUT2D eigenvalue weighted by Gasteiger charge is -2.36. The summed E-state index contributed by atoms with van der Waals surface area (Å²) in [5.41, 5.74) is 8.39. The van der Waals surface area contributed by atoms with Crippen LogP contribution < -0.4 is 21.1 Å². The number of carbonyl (C=O) groups excluding carboxylic acids is 5. The Morgan fingerprint density at radius 1 is 0.840 bits per heavy atom. The Morgan fingerprint density at radius 2 is 1.52 bits per heavy atom. The van der Waals surface area contributed by atoms with Gasteiger partial charge in [0.15, 0.2) is 5.78 Å². The highest BCUT2D eigenvalue weighted by atomic mass is 32.1. The molecule has 0 unspecified atom stereocenters. The molecule has 6 aromatic rings. The molecule has 1 aliphatic carbocycles. The third kappa shape index (κ3) is 11.9. The molecule has 3 aliphatic rings. The van der Waals surface area contributed by atoms with Crippen LogP contribution in [0.5, 0.6) is 0 Å². The molecule has 392 valence electrons. The molecule has 18 heteroatoms. The zero-order valence-corrected chi connectivity index (χ0v) is 44.4. The Hall–Kier alpha value is -7.18. The van der Waals surface area contributed by atoms with E-state index in [2.05, 4.69) is 25.5 Å². The smallest absolute Gasteiger partial charge is 0.263 e. The number of aliphatic hydroxyl groups excluding tert-OH is 1. The lowest BCUT2D eigenvalue weighted by molar-refractivity contribution is -0.144. The summed E-state index contributed by atoms with van der Waals surface area (Å²) < 4.78 is 1.73. The van der Waals surface area contributed by atoms with Crippen molar-refractivity contribution < 1.29 is 29.1 Å². The van der Waals surface area contributed by atoms with E-state index < -0.39 is 29.5 Å². The first kappa shape index (κ1) is 52.7. The van der Waals surface area contributed by atoms with Crippen LogP contribution in [0.1, 0.15) is 116 Å². The van der Waals surface area contributed by atoms with Crippen molar-refractivity contribution in [2.75, 3.05) is 37.6 Å². The predicted molar refractivity (Wildman–Crippen MR) is 287 cm³/mol. The van der Waals surface area contributed by atoms with E-state index in [9.17, 15) is 33.9 Å². The SMILES string of the molecule is CC(=O)c1c(C)c2cnc(Cc3ccc(N4CCN(C(=O)Cc5ccc(CC(=O)N[C@H](C(=O)N6C[C@H](O)C[C@H]6C(=O)NCc6ccc(-c7scnc7C)cc6)C(C)(C)C)cc5)CC4)cn3)nc2n(C2CCCC2)c1=O. The summed E-state index contributed by atoms with van der Waals surface area (Å²) in [5, 5.41) is 17.3. The maximum Gasteiger partial charge on any atom is 0.263 e. The van der Waals surface area contributed by atoms with Crippen molar-refractivity contribution in [2.24, 2.45) is 5.41 Å². The van der Waals surface area contributed by atoms with Gasteiger partial charge >= 0.3 is 0 Å². The van der Waals surface area contributed by atoms with E-state index in [0.29, 0.717) is 55.0 Å². The molecule has 3 fully saturated rings. The number of piperazine rings is 1.